The van der Waals surface area contributed by atoms with Crippen LogP contribution >= 0.6 is 12.2 Å². The summed E-state index contributed by atoms with van der Waals surface area (Å²) in [4.78, 5) is 19.3. The number of nitrogens with zero attached hydrogens (tertiary/aromatic N) is 4. The molecule has 7 nitrogen and oxygen atoms in total. The van der Waals surface area contributed by atoms with E-state index in [0.29, 0.717) is 35.5 Å². The van der Waals surface area contributed by atoms with Crippen molar-refractivity contribution in [3.63, 3.8) is 0 Å². The number of nitriles is 1. The topological polar surface area (TPSA) is 86.0 Å². The first-order valence-electron chi connectivity index (χ1n) is 14.7. The van der Waals surface area contributed by atoms with Crippen LogP contribution in [0.25, 0.3) is 0 Å². The Labute approximate surface area is 270 Å². The molecule has 46 heavy (non-hydrogen) atoms. The second-order valence-corrected chi connectivity index (χ2v) is 11.5. The third-order valence-electron chi connectivity index (χ3n) is 7.66. The van der Waals surface area contributed by atoms with E-state index in [1.807, 2.05) is 30.5 Å². The fraction of sp³-hybridized carbons (Fsp3) is 0.294. The maximum atomic E-state index is 13.9. The molecule has 0 fully saturated rings. The van der Waals surface area contributed by atoms with Crippen LogP contribution in [0.4, 0.5) is 23.2 Å². The zero-order chi connectivity index (χ0) is 33.3. The molecule has 0 radical (unpaired) electrons. The number of thiocarbonyl (C=S) groups is 1. The van der Waals surface area contributed by atoms with Crippen molar-refractivity contribution in [2.45, 2.75) is 52.0 Å². The van der Waals surface area contributed by atoms with Gasteiger partial charge in [0, 0.05) is 43.3 Å². The SMILES string of the molecule is CC[C@H](C)[C@@H](CN(Cc1cccc(C(F)(F)F)c1)C(=S)Nc1cccc(F)c1)NC(=O)Cc1cncn1Cc1ccc(C#N)cc1. The summed E-state index contributed by atoms with van der Waals surface area (Å²) in [6.07, 6.45) is -0.493. The van der Waals surface area contributed by atoms with Gasteiger partial charge in [0.05, 0.1) is 29.9 Å². The monoisotopic (exact) mass is 650 g/mol. The van der Waals surface area contributed by atoms with Crippen LogP contribution in [0.3, 0.4) is 0 Å². The van der Waals surface area contributed by atoms with Crippen LogP contribution in [0.5, 0.6) is 0 Å². The Morgan fingerprint density at radius 2 is 1.83 bits per heavy atom. The van der Waals surface area contributed by atoms with Crippen LogP contribution in [0.2, 0.25) is 0 Å². The lowest BCUT2D eigenvalue weighted by molar-refractivity contribution is -0.137. The quantitative estimate of drug-likeness (QED) is 0.128. The molecule has 4 rings (SSSR count). The first kappa shape index (κ1) is 34.1. The van der Waals surface area contributed by atoms with Gasteiger partial charge in [0.2, 0.25) is 5.91 Å². The number of benzene rings is 3. The van der Waals surface area contributed by atoms with E-state index in [-0.39, 0.29) is 36.4 Å². The van der Waals surface area contributed by atoms with Crippen LogP contribution < -0.4 is 10.6 Å². The number of carbonyl (C=O) groups excluding carboxylic acids is 1. The number of hydrogen-bond acceptors (Lipinski definition) is 4. The van der Waals surface area contributed by atoms with Crippen molar-refractivity contribution in [3.8, 4) is 6.07 Å². The van der Waals surface area contributed by atoms with E-state index in [1.165, 1.54) is 24.3 Å². The number of halogens is 4. The molecule has 3 aromatic carbocycles. The van der Waals surface area contributed by atoms with Gasteiger partial charge in [0.15, 0.2) is 5.11 Å². The molecule has 1 heterocycles. The van der Waals surface area contributed by atoms with Crippen LogP contribution in [-0.4, -0.2) is 38.1 Å². The molecular formula is C34H34F4N6OS. The average Bonchev–Trinajstić information content (AvgIpc) is 3.45. The summed E-state index contributed by atoms with van der Waals surface area (Å²) >= 11 is 5.68. The van der Waals surface area contributed by atoms with Crippen LogP contribution in [0, 0.1) is 23.1 Å². The Balaban J connectivity index is 1.52. The van der Waals surface area contributed by atoms with Gasteiger partial charge in [-0.2, -0.15) is 18.4 Å². The number of carbonyl (C=O) groups is 1. The number of imidazole rings is 1. The first-order chi connectivity index (χ1) is 21.9. The lowest BCUT2D eigenvalue weighted by atomic mass is 9.98. The first-order valence-corrected chi connectivity index (χ1v) is 15.1. The summed E-state index contributed by atoms with van der Waals surface area (Å²) in [7, 11) is 0. The Morgan fingerprint density at radius 1 is 1.09 bits per heavy atom. The van der Waals surface area contributed by atoms with Gasteiger partial charge in [0.1, 0.15) is 5.82 Å². The van der Waals surface area contributed by atoms with E-state index in [4.69, 9.17) is 17.5 Å². The largest absolute Gasteiger partial charge is 0.416 e. The van der Waals surface area contributed by atoms with Crippen molar-refractivity contribution >= 4 is 28.9 Å². The summed E-state index contributed by atoms with van der Waals surface area (Å²) in [5, 5.41) is 15.3. The Morgan fingerprint density at radius 3 is 2.50 bits per heavy atom. The molecule has 0 unspecified atom stereocenters. The molecule has 1 amide bonds. The highest BCUT2D eigenvalue weighted by Gasteiger charge is 2.31. The zero-order valence-electron chi connectivity index (χ0n) is 25.4. The Bertz CT molecular complexity index is 1680. The zero-order valence-corrected chi connectivity index (χ0v) is 26.2. The molecule has 0 aliphatic carbocycles. The molecule has 2 N–H and O–H groups in total. The number of rotatable bonds is 12. The van der Waals surface area contributed by atoms with Gasteiger partial charge in [-0.25, -0.2) is 9.37 Å². The van der Waals surface area contributed by atoms with E-state index < -0.39 is 23.6 Å². The van der Waals surface area contributed by atoms with Crippen molar-refractivity contribution < 1.29 is 22.4 Å². The average molecular weight is 651 g/mol. The molecule has 240 valence electrons. The van der Waals surface area contributed by atoms with Gasteiger partial charge in [-0.15, -0.1) is 0 Å². The number of hydrogen-bond donors (Lipinski definition) is 2. The molecule has 2 atom stereocenters. The maximum Gasteiger partial charge on any atom is 0.416 e. The normalized spacial score (nSPS) is 12.5. The molecule has 1 aromatic heterocycles. The summed E-state index contributed by atoms with van der Waals surface area (Å²) in [6.45, 7) is 4.63. The number of aromatic nitrogens is 2. The Kier molecular flexibility index (Phi) is 11.5. The third kappa shape index (κ3) is 9.62. The van der Waals surface area contributed by atoms with Crippen LogP contribution in [0.1, 0.15) is 48.2 Å². The molecule has 0 saturated carbocycles. The fourth-order valence-electron chi connectivity index (χ4n) is 4.89. The van der Waals surface area contributed by atoms with E-state index in [0.717, 1.165) is 17.7 Å². The highest BCUT2D eigenvalue weighted by molar-refractivity contribution is 7.80. The van der Waals surface area contributed by atoms with Gasteiger partial charge in [0.25, 0.3) is 0 Å². The molecule has 0 aliphatic heterocycles. The van der Waals surface area contributed by atoms with E-state index >= 15 is 0 Å². The molecule has 0 bridgehead atoms. The van der Waals surface area contributed by atoms with Gasteiger partial charge < -0.3 is 20.1 Å². The summed E-state index contributed by atoms with van der Waals surface area (Å²) in [5.74, 6) is -0.746. The minimum absolute atomic E-state index is 0.0191. The van der Waals surface area contributed by atoms with Crippen molar-refractivity contribution in [2.24, 2.45) is 5.92 Å². The minimum atomic E-state index is -4.51. The molecule has 4 aromatic rings. The summed E-state index contributed by atoms with van der Waals surface area (Å²) in [5.41, 5.74) is 2.17. The van der Waals surface area contributed by atoms with Crippen LogP contribution in [0.15, 0.2) is 85.3 Å². The second kappa shape index (κ2) is 15.5. The molecule has 0 saturated heterocycles. The molecular weight excluding hydrogens is 616 g/mol. The van der Waals surface area contributed by atoms with Crippen molar-refractivity contribution in [3.05, 3.63) is 119 Å². The fourth-order valence-corrected chi connectivity index (χ4v) is 5.14. The van der Waals surface area contributed by atoms with E-state index in [9.17, 15) is 22.4 Å². The second-order valence-electron chi connectivity index (χ2n) is 11.1. The standard InChI is InChI=1S/C34H34F4N6OS/c1-3-23(2)31(42-32(45)16-30-18-40-22-44(30)19-25-12-10-24(17-39)11-13-25)21-43(33(46)41-29-9-5-8-28(35)15-29)20-26-6-4-7-27(14-26)34(36,37)38/h4-15,18,22-23,31H,3,16,19-21H2,1-2H3,(H,41,46)(H,42,45)/t23-,31+/m0/s1. The number of nitrogens with one attached hydrogen (secondary N) is 2. The van der Waals surface area contributed by atoms with E-state index in [1.54, 1.807) is 41.7 Å². The van der Waals surface area contributed by atoms with Crippen molar-refractivity contribution in [2.75, 3.05) is 11.9 Å². The highest BCUT2D eigenvalue weighted by Crippen LogP contribution is 2.30. The number of amides is 1. The van der Waals surface area contributed by atoms with Gasteiger partial charge in [-0.3, -0.25) is 4.79 Å². The van der Waals surface area contributed by atoms with Gasteiger partial charge >= 0.3 is 6.18 Å². The van der Waals surface area contributed by atoms with E-state index in [2.05, 4.69) is 21.7 Å². The predicted molar refractivity (Wildman–Crippen MR) is 172 cm³/mol. The lowest BCUT2D eigenvalue weighted by Crippen LogP contribution is -2.50. The summed E-state index contributed by atoms with van der Waals surface area (Å²) in [6, 6.07) is 19.5. The molecule has 0 aliphatic rings. The highest BCUT2D eigenvalue weighted by atomic mass is 32.1. The van der Waals surface area contributed by atoms with Crippen molar-refractivity contribution in [1.29, 1.82) is 5.26 Å². The predicted octanol–water partition coefficient (Wildman–Crippen LogP) is 6.93. The lowest BCUT2D eigenvalue weighted by Gasteiger charge is -2.33. The van der Waals surface area contributed by atoms with Gasteiger partial charge in [-0.05, 0) is 71.7 Å². The number of alkyl halides is 3. The smallest absolute Gasteiger partial charge is 0.351 e. The molecule has 0 spiro atoms. The third-order valence-corrected chi connectivity index (χ3v) is 8.02. The summed E-state index contributed by atoms with van der Waals surface area (Å²) < 4.78 is 56.2. The Hall–Kier alpha value is -4.76. The maximum absolute atomic E-state index is 13.9. The van der Waals surface area contributed by atoms with Crippen LogP contribution in [-0.2, 0) is 30.5 Å². The van der Waals surface area contributed by atoms with Crippen molar-refractivity contribution in [1.82, 2.24) is 19.8 Å². The molecule has 12 heteroatoms. The minimum Gasteiger partial charge on any atom is -0.351 e. The van der Waals surface area contributed by atoms with Gasteiger partial charge in [-0.1, -0.05) is 50.6 Å². The number of anilines is 1.